The Bertz CT molecular complexity index is 332. The van der Waals surface area contributed by atoms with Gasteiger partial charge in [-0.3, -0.25) is 0 Å². The van der Waals surface area contributed by atoms with E-state index in [-0.39, 0.29) is 0 Å². The fourth-order valence-corrected chi connectivity index (χ4v) is 1.81. The molecule has 0 aromatic heterocycles. The van der Waals surface area contributed by atoms with Crippen LogP contribution < -0.4 is 0 Å². The molecule has 0 radical (unpaired) electrons. The first-order valence-corrected chi connectivity index (χ1v) is 4.29. The van der Waals surface area contributed by atoms with Gasteiger partial charge in [0.1, 0.15) is 12.7 Å². The van der Waals surface area contributed by atoms with E-state index in [4.69, 9.17) is 9.47 Å². The minimum Gasteiger partial charge on any atom is -0.455 e. The quantitative estimate of drug-likeness (QED) is 0.555. The molecule has 0 atom stereocenters. The monoisotopic (exact) mass is 192 g/mol. The van der Waals surface area contributed by atoms with Crippen molar-refractivity contribution in [2.75, 3.05) is 0 Å². The molecule has 3 aliphatic rings. The molecule has 1 fully saturated rings. The van der Waals surface area contributed by atoms with E-state index in [1.54, 1.807) is 0 Å². The second-order valence-electron chi connectivity index (χ2n) is 3.48. The molecule has 14 heavy (non-hydrogen) atoms. The largest absolute Gasteiger partial charge is 0.455 e. The van der Waals surface area contributed by atoms with Gasteiger partial charge >= 0.3 is 0 Å². The van der Waals surface area contributed by atoms with Gasteiger partial charge in [-0.2, -0.15) is 0 Å². The maximum atomic E-state index is 5.34. The molecular weight excluding hydrogens is 184 g/mol. The number of hydrogen-bond donors (Lipinski definition) is 0. The highest BCUT2D eigenvalue weighted by atomic mass is 16.5. The van der Waals surface area contributed by atoms with Crippen LogP contribution in [-0.4, -0.2) is 36.9 Å². The summed E-state index contributed by atoms with van der Waals surface area (Å²) in [7, 11) is 0. The number of nitrogens with zero attached hydrogens (tertiary/aromatic N) is 4. The smallest absolute Gasteiger partial charge is 0.214 e. The van der Waals surface area contributed by atoms with Gasteiger partial charge in [-0.15, -0.1) is 0 Å². The van der Waals surface area contributed by atoms with Crippen LogP contribution in [-0.2, 0) is 9.47 Å². The minimum atomic E-state index is -0.510. The van der Waals surface area contributed by atoms with E-state index >= 15 is 0 Å². The summed E-state index contributed by atoms with van der Waals surface area (Å²) in [6.45, 7) is 0. The van der Waals surface area contributed by atoms with E-state index in [2.05, 4.69) is 20.0 Å². The van der Waals surface area contributed by atoms with Crippen LogP contribution in [0.1, 0.15) is 12.8 Å². The summed E-state index contributed by atoms with van der Waals surface area (Å²) in [6, 6.07) is 0. The van der Waals surface area contributed by atoms with E-state index < -0.39 is 11.4 Å². The average Bonchev–Trinajstić information content (AvgIpc) is 2.18. The molecule has 0 bridgehead atoms. The van der Waals surface area contributed by atoms with Crippen molar-refractivity contribution >= 4 is 25.5 Å². The molecular formula is C8H8N4O2. The molecule has 1 saturated carbocycles. The summed E-state index contributed by atoms with van der Waals surface area (Å²) in [6.07, 6.45) is 7.01. The van der Waals surface area contributed by atoms with Crippen molar-refractivity contribution in [3.63, 3.8) is 0 Å². The lowest BCUT2D eigenvalue weighted by Crippen LogP contribution is -2.58. The molecule has 6 nitrogen and oxygen atoms in total. The second-order valence-corrected chi connectivity index (χ2v) is 3.48. The fourth-order valence-electron chi connectivity index (χ4n) is 1.81. The maximum absolute atomic E-state index is 5.34. The first-order valence-electron chi connectivity index (χ1n) is 4.29. The summed E-state index contributed by atoms with van der Waals surface area (Å²) in [5.41, 5.74) is -1.02. The fraction of sp³-hybridized carbons (Fsp3) is 0.500. The predicted molar refractivity (Wildman–Crippen MR) is 50.8 cm³/mol. The second kappa shape index (κ2) is 2.40. The van der Waals surface area contributed by atoms with Crippen LogP contribution >= 0.6 is 0 Å². The van der Waals surface area contributed by atoms with Gasteiger partial charge in [0, 0.05) is 0 Å². The number of rotatable bonds is 0. The molecule has 2 aliphatic heterocycles. The molecule has 0 saturated heterocycles. The van der Waals surface area contributed by atoms with Crippen molar-refractivity contribution < 1.29 is 9.47 Å². The third-order valence-corrected chi connectivity index (χ3v) is 2.49. The van der Waals surface area contributed by atoms with Crippen LogP contribution in [0.25, 0.3) is 0 Å². The van der Waals surface area contributed by atoms with E-state index in [1.165, 1.54) is 25.5 Å². The Hall–Kier alpha value is -1.72. The third kappa shape index (κ3) is 0.966. The normalized spacial score (nSPS) is 42.3. The molecule has 2 spiro atoms. The highest BCUT2D eigenvalue weighted by molar-refractivity contribution is 5.72. The van der Waals surface area contributed by atoms with E-state index in [0.717, 1.165) is 0 Å². The molecule has 0 N–H and O–H groups in total. The zero-order valence-corrected chi connectivity index (χ0v) is 7.33. The summed E-state index contributed by atoms with van der Waals surface area (Å²) in [5, 5.41) is 0. The van der Waals surface area contributed by atoms with E-state index in [1.807, 2.05) is 0 Å². The van der Waals surface area contributed by atoms with Crippen LogP contribution in [0.15, 0.2) is 20.0 Å². The number of hydrogen-bond acceptors (Lipinski definition) is 6. The van der Waals surface area contributed by atoms with Crippen LogP contribution in [0.4, 0.5) is 0 Å². The van der Waals surface area contributed by atoms with Crippen molar-refractivity contribution in [3.8, 4) is 0 Å². The summed E-state index contributed by atoms with van der Waals surface area (Å²) in [5.74, 6) is 0. The van der Waals surface area contributed by atoms with E-state index in [9.17, 15) is 0 Å². The highest BCUT2D eigenvalue weighted by Gasteiger charge is 2.59. The number of ether oxygens (including phenoxy) is 2. The molecule has 0 aromatic rings. The summed E-state index contributed by atoms with van der Waals surface area (Å²) < 4.78 is 10.7. The Morgan fingerprint density at radius 2 is 1.36 bits per heavy atom. The molecule has 72 valence electrons. The average molecular weight is 192 g/mol. The molecule has 0 aromatic carbocycles. The molecule has 3 rings (SSSR count). The Balaban J connectivity index is 1.76. The zero-order valence-electron chi connectivity index (χ0n) is 7.33. The van der Waals surface area contributed by atoms with Crippen LogP contribution in [0.3, 0.4) is 0 Å². The van der Waals surface area contributed by atoms with Gasteiger partial charge in [0.25, 0.3) is 0 Å². The lowest BCUT2D eigenvalue weighted by Gasteiger charge is -2.49. The molecule has 6 heteroatoms. The van der Waals surface area contributed by atoms with Crippen LogP contribution in [0.5, 0.6) is 0 Å². The van der Waals surface area contributed by atoms with Gasteiger partial charge in [-0.25, -0.2) is 20.0 Å². The van der Waals surface area contributed by atoms with Crippen molar-refractivity contribution in [2.45, 2.75) is 24.3 Å². The lowest BCUT2D eigenvalue weighted by atomic mass is 9.79. The standard InChI is InChI=1S/C8H8N4O2/c1-7(11-3-9-5-13-7)2-8(1)12-4-10-6-14-8/h3-6H,1-2H2. The highest BCUT2D eigenvalue weighted by Crippen LogP contribution is 2.48. The van der Waals surface area contributed by atoms with Crippen molar-refractivity contribution in [2.24, 2.45) is 20.0 Å². The SMILES string of the molecule is C1=NC=NC2(CC3(C2)N=CN=CO3)O1. The zero-order chi connectivity index (χ0) is 9.49. The molecule has 0 amide bonds. The van der Waals surface area contributed by atoms with Crippen LogP contribution in [0.2, 0.25) is 0 Å². The Morgan fingerprint density at radius 1 is 0.857 bits per heavy atom. The van der Waals surface area contributed by atoms with Gasteiger partial charge in [0.15, 0.2) is 12.8 Å². The van der Waals surface area contributed by atoms with Crippen molar-refractivity contribution in [3.05, 3.63) is 0 Å². The van der Waals surface area contributed by atoms with Gasteiger partial charge in [-0.05, 0) is 0 Å². The van der Waals surface area contributed by atoms with Gasteiger partial charge in [0.2, 0.25) is 11.4 Å². The topological polar surface area (TPSA) is 67.9 Å². The van der Waals surface area contributed by atoms with Gasteiger partial charge < -0.3 is 9.47 Å². The lowest BCUT2D eigenvalue weighted by molar-refractivity contribution is -0.150. The van der Waals surface area contributed by atoms with Crippen molar-refractivity contribution in [1.29, 1.82) is 0 Å². The first kappa shape index (κ1) is 7.66. The van der Waals surface area contributed by atoms with Crippen LogP contribution in [0, 0.1) is 0 Å². The third-order valence-electron chi connectivity index (χ3n) is 2.49. The number of aliphatic imine (C=N–C) groups is 4. The summed E-state index contributed by atoms with van der Waals surface area (Å²) in [4.78, 5) is 15.8. The van der Waals surface area contributed by atoms with Crippen molar-refractivity contribution in [1.82, 2.24) is 0 Å². The van der Waals surface area contributed by atoms with Gasteiger partial charge in [0.05, 0.1) is 12.8 Å². The molecule has 2 heterocycles. The van der Waals surface area contributed by atoms with E-state index in [0.29, 0.717) is 12.8 Å². The van der Waals surface area contributed by atoms with Gasteiger partial charge in [-0.1, -0.05) is 0 Å². The molecule has 1 aliphatic carbocycles. The Labute approximate surface area is 80.1 Å². The maximum Gasteiger partial charge on any atom is 0.214 e. The summed E-state index contributed by atoms with van der Waals surface area (Å²) >= 11 is 0. The Kier molecular flexibility index (Phi) is 1.31. The first-order chi connectivity index (χ1) is 6.83. The minimum absolute atomic E-state index is 0.510. The predicted octanol–water partition coefficient (Wildman–Crippen LogP) is 0.346. The Morgan fingerprint density at radius 3 is 1.71 bits per heavy atom. The molecule has 0 unspecified atom stereocenters.